The molecule has 0 bridgehead atoms. The van der Waals surface area contributed by atoms with Gasteiger partial charge in [-0.25, -0.2) is 4.98 Å². The molecule has 1 atom stereocenters. The van der Waals surface area contributed by atoms with E-state index in [2.05, 4.69) is 32.9 Å². The first-order valence-corrected chi connectivity index (χ1v) is 8.28. The summed E-state index contributed by atoms with van der Waals surface area (Å²) in [6.45, 7) is 0. The van der Waals surface area contributed by atoms with Gasteiger partial charge in [-0.3, -0.25) is 4.79 Å². The zero-order valence-electron chi connectivity index (χ0n) is 10.6. The van der Waals surface area contributed by atoms with Crippen LogP contribution in [0.1, 0.15) is 29.3 Å². The zero-order valence-corrected chi connectivity index (χ0v) is 13.6. The lowest BCUT2D eigenvalue weighted by Crippen LogP contribution is -2.17. The summed E-state index contributed by atoms with van der Waals surface area (Å²) in [4.78, 5) is 16.9. The van der Waals surface area contributed by atoms with E-state index in [9.17, 15) is 9.90 Å². The number of aryl methyl sites for hydroxylation is 1. The number of carboxylic acids is 1. The molecule has 0 radical (unpaired) electrons. The molecule has 2 N–H and O–H groups in total. The molecule has 1 aromatic heterocycles. The minimum absolute atomic E-state index is 0.442. The topological polar surface area (TPSA) is 62.2 Å². The van der Waals surface area contributed by atoms with Crippen molar-refractivity contribution in [1.82, 2.24) is 4.98 Å². The Morgan fingerprint density at radius 3 is 2.85 bits per heavy atom. The number of aromatic nitrogens is 1. The van der Waals surface area contributed by atoms with Gasteiger partial charge in [0, 0.05) is 14.1 Å². The lowest BCUT2D eigenvalue weighted by Gasteiger charge is -2.16. The Morgan fingerprint density at radius 2 is 2.15 bits per heavy atom. The molecule has 104 valence electrons. The molecule has 0 saturated heterocycles. The molecule has 1 aromatic carbocycles. The number of aliphatic carboxylic acids is 1. The van der Waals surface area contributed by atoms with Gasteiger partial charge in [0.15, 0.2) is 5.13 Å². The predicted octanol–water partition coefficient (Wildman–Crippen LogP) is 4.00. The molecule has 4 nitrogen and oxygen atoms in total. The molecule has 0 spiro atoms. The zero-order chi connectivity index (χ0) is 14.1. The Morgan fingerprint density at radius 1 is 1.40 bits per heavy atom. The smallest absolute Gasteiger partial charge is 0.312 e. The van der Waals surface area contributed by atoms with Crippen LogP contribution in [0.2, 0.25) is 0 Å². The Bertz CT molecular complexity index is 639. The highest BCUT2D eigenvalue weighted by Crippen LogP contribution is 2.37. The van der Waals surface area contributed by atoms with Crippen molar-refractivity contribution < 1.29 is 9.90 Å². The number of anilines is 2. The van der Waals surface area contributed by atoms with E-state index >= 15 is 0 Å². The van der Waals surface area contributed by atoms with Crippen LogP contribution in [0.15, 0.2) is 24.3 Å². The quantitative estimate of drug-likeness (QED) is 0.765. The molecule has 1 heterocycles. The predicted molar refractivity (Wildman–Crippen MR) is 87.9 cm³/mol. The van der Waals surface area contributed by atoms with Crippen molar-refractivity contribution in [2.45, 2.75) is 25.2 Å². The summed E-state index contributed by atoms with van der Waals surface area (Å²) in [6.07, 6.45) is 2.55. The van der Waals surface area contributed by atoms with Crippen molar-refractivity contribution >= 4 is 50.7 Å². The monoisotopic (exact) mass is 400 g/mol. The number of benzene rings is 1. The molecule has 1 unspecified atom stereocenters. The van der Waals surface area contributed by atoms with Gasteiger partial charge in [0.1, 0.15) is 5.92 Å². The van der Waals surface area contributed by atoms with Crippen LogP contribution < -0.4 is 5.32 Å². The Hall–Kier alpha value is -1.15. The normalized spacial score (nSPS) is 17.6. The molecule has 20 heavy (non-hydrogen) atoms. The van der Waals surface area contributed by atoms with E-state index in [1.165, 1.54) is 3.57 Å². The van der Waals surface area contributed by atoms with Crippen LogP contribution in [-0.4, -0.2) is 16.1 Å². The molecule has 2 aromatic rings. The van der Waals surface area contributed by atoms with Gasteiger partial charge >= 0.3 is 5.97 Å². The third-order valence-electron chi connectivity index (χ3n) is 3.35. The SMILES string of the molecule is O=C(O)C1CCCc2sc(Nc3ccc(I)cc3)nc21. The number of nitrogens with zero attached hydrogens (tertiary/aromatic N) is 1. The van der Waals surface area contributed by atoms with Gasteiger partial charge in [0.05, 0.1) is 5.69 Å². The highest BCUT2D eigenvalue weighted by Gasteiger charge is 2.29. The second-order valence-corrected chi connectivity index (χ2v) is 7.07. The lowest BCUT2D eigenvalue weighted by molar-refractivity contribution is -0.139. The van der Waals surface area contributed by atoms with E-state index in [0.29, 0.717) is 6.42 Å². The highest BCUT2D eigenvalue weighted by atomic mass is 127. The van der Waals surface area contributed by atoms with Crippen LogP contribution in [0.5, 0.6) is 0 Å². The molecular weight excluding hydrogens is 387 g/mol. The first-order chi connectivity index (χ1) is 9.63. The molecular formula is C14H13IN2O2S. The molecule has 0 saturated carbocycles. The van der Waals surface area contributed by atoms with Crippen LogP contribution in [-0.2, 0) is 11.2 Å². The fourth-order valence-corrected chi connectivity index (χ4v) is 3.81. The highest BCUT2D eigenvalue weighted by molar-refractivity contribution is 14.1. The summed E-state index contributed by atoms with van der Waals surface area (Å²) < 4.78 is 1.18. The Balaban J connectivity index is 1.85. The van der Waals surface area contributed by atoms with Crippen molar-refractivity contribution in [2.75, 3.05) is 5.32 Å². The maximum Gasteiger partial charge on any atom is 0.312 e. The number of nitrogens with one attached hydrogen (secondary N) is 1. The van der Waals surface area contributed by atoms with Crippen LogP contribution in [0, 0.1) is 3.57 Å². The summed E-state index contributed by atoms with van der Waals surface area (Å²) in [7, 11) is 0. The van der Waals surface area contributed by atoms with E-state index in [1.54, 1.807) is 11.3 Å². The molecule has 0 amide bonds. The molecule has 6 heteroatoms. The van der Waals surface area contributed by atoms with Crippen LogP contribution in [0.3, 0.4) is 0 Å². The van der Waals surface area contributed by atoms with Crippen LogP contribution in [0.4, 0.5) is 10.8 Å². The lowest BCUT2D eigenvalue weighted by atomic mass is 9.91. The number of carboxylic acid groups (broad SMARTS) is 1. The number of rotatable bonds is 3. The summed E-state index contributed by atoms with van der Waals surface area (Å²) in [5.74, 6) is -1.21. The summed E-state index contributed by atoms with van der Waals surface area (Å²) >= 11 is 3.83. The fraction of sp³-hybridized carbons (Fsp3) is 0.286. The average molecular weight is 400 g/mol. The summed E-state index contributed by atoms with van der Waals surface area (Å²) in [5, 5.41) is 13.3. The van der Waals surface area contributed by atoms with Gasteiger partial charge in [-0.1, -0.05) is 0 Å². The van der Waals surface area contributed by atoms with E-state index in [-0.39, 0.29) is 0 Å². The van der Waals surface area contributed by atoms with Gasteiger partial charge in [-0.2, -0.15) is 0 Å². The number of hydrogen-bond acceptors (Lipinski definition) is 4. The Labute approximate surface area is 134 Å². The third kappa shape index (κ3) is 2.80. The van der Waals surface area contributed by atoms with E-state index in [4.69, 9.17) is 0 Å². The molecule has 0 aliphatic heterocycles. The molecule has 1 aliphatic carbocycles. The van der Waals surface area contributed by atoms with Gasteiger partial charge in [0.25, 0.3) is 0 Å². The van der Waals surface area contributed by atoms with Crippen LogP contribution >= 0.6 is 33.9 Å². The Kier molecular flexibility index (Phi) is 3.93. The first kappa shape index (κ1) is 13.8. The largest absolute Gasteiger partial charge is 0.481 e. The van der Waals surface area contributed by atoms with Crippen molar-refractivity contribution in [3.63, 3.8) is 0 Å². The van der Waals surface area contributed by atoms with Crippen molar-refractivity contribution in [3.05, 3.63) is 38.4 Å². The van der Waals surface area contributed by atoms with E-state index < -0.39 is 11.9 Å². The number of halogens is 1. The second-order valence-electron chi connectivity index (χ2n) is 4.74. The summed E-state index contributed by atoms with van der Waals surface area (Å²) in [6, 6.07) is 8.04. The van der Waals surface area contributed by atoms with Gasteiger partial charge in [-0.15, -0.1) is 11.3 Å². The molecule has 1 aliphatic rings. The van der Waals surface area contributed by atoms with Crippen molar-refractivity contribution in [2.24, 2.45) is 0 Å². The maximum absolute atomic E-state index is 11.3. The van der Waals surface area contributed by atoms with Crippen LogP contribution in [0.25, 0.3) is 0 Å². The standard InChI is InChI=1S/C14H13IN2O2S/c15-8-4-6-9(7-5-8)16-14-17-12-10(13(18)19)2-1-3-11(12)20-14/h4-7,10H,1-3H2,(H,16,17)(H,18,19). The minimum Gasteiger partial charge on any atom is -0.481 e. The van der Waals surface area contributed by atoms with Crippen molar-refractivity contribution in [3.8, 4) is 0 Å². The summed E-state index contributed by atoms with van der Waals surface area (Å²) in [5.41, 5.74) is 1.73. The molecule has 0 fully saturated rings. The average Bonchev–Trinajstić information content (AvgIpc) is 2.83. The van der Waals surface area contributed by atoms with Gasteiger partial charge in [-0.05, 0) is 66.1 Å². The van der Waals surface area contributed by atoms with Gasteiger partial charge in [0.2, 0.25) is 0 Å². The molecule has 3 rings (SSSR count). The number of fused-ring (bicyclic) bond motifs is 1. The second kappa shape index (κ2) is 5.69. The fourth-order valence-electron chi connectivity index (χ4n) is 2.37. The van der Waals surface area contributed by atoms with Gasteiger partial charge < -0.3 is 10.4 Å². The first-order valence-electron chi connectivity index (χ1n) is 6.38. The van der Waals surface area contributed by atoms with E-state index in [1.807, 2.05) is 24.3 Å². The number of carbonyl (C=O) groups is 1. The number of thiazole rings is 1. The van der Waals surface area contributed by atoms with E-state index in [0.717, 1.165) is 34.2 Å². The maximum atomic E-state index is 11.3. The number of hydrogen-bond donors (Lipinski definition) is 2. The van der Waals surface area contributed by atoms with Crippen molar-refractivity contribution in [1.29, 1.82) is 0 Å². The minimum atomic E-state index is -0.767. The third-order valence-corrected chi connectivity index (χ3v) is 5.11.